The van der Waals surface area contributed by atoms with Gasteiger partial charge in [0.05, 0.1) is 32.1 Å². The number of esters is 1. The van der Waals surface area contributed by atoms with Gasteiger partial charge in [0.25, 0.3) is 0 Å². The number of nitrogens with one attached hydrogen (secondary N) is 1. The van der Waals surface area contributed by atoms with E-state index in [0.29, 0.717) is 22.4 Å². The van der Waals surface area contributed by atoms with E-state index in [1.807, 2.05) is 43.3 Å². The van der Waals surface area contributed by atoms with E-state index in [1.54, 1.807) is 14.0 Å². The third-order valence-electron chi connectivity index (χ3n) is 5.30. The maximum atomic E-state index is 13.4. The van der Waals surface area contributed by atoms with Gasteiger partial charge in [0.1, 0.15) is 5.75 Å². The minimum atomic E-state index is -0.520. The van der Waals surface area contributed by atoms with Crippen LogP contribution < -0.4 is 10.1 Å². The van der Waals surface area contributed by atoms with Gasteiger partial charge in [-0.25, -0.2) is 4.79 Å². The van der Waals surface area contributed by atoms with Crippen molar-refractivity contribution in [3.05, 3.63) is 77.1 Å². The Hall–Kier alpha value is -1.88. The molecular formula is C23H19I2NO4. The number of rotatable bonds is 4. The second kappa shape index (κ2) is 8.33. The van der Waals surface area contributed by atoms with Crippen molar-refractivity contribution in [3.63, 3.8) is 0 Å². The maximum absolute atomic E-state index is 13.4. The SMILES string of the molecule is CCOC(=O)C1=C(C)NC2=C(C(=O)c3ccccc32)[C@H]1c1cc(I)c(OC)c(I)c1. The molecule has 0 radical (unpaired) electrons. The number of methoxy groups -OCH3 is 1. The number of benzene rings is 2. The van der Waals surface area contributed by atoms with Crippen LogP contribution in [0.5, 0.6) is 5.75 Å². The minimum absolute atomic E-state index is 0.0618. The number of fused-ring (bicyclic) bond motifs is 2. The van der Waals surface area contributed by atoms with Crippen molar-refractivity contribution in [1.29, 1.82) is 0 Å². The molecule has 1 heterocycles. The first kappa shape index (κ1) is 21.4. The number of Topliss-reactive ketones (excluding diaryl/α,β-unsaturated/α-hetero) is 1. The van der Waals surface area contributed by atoms with Crippen LogP contribution in [0, 0.1) is 7.14 Å². The fourth-order valence-corrected chi connectivity index (χ4v) is 6.34. The molecule has 1 aliphatic carbocycles. The predicted molar refractivity (Wildman–Crippen MR) is 131 cm³/mol. The van der Waals surface area contributed by atoms with Gasteiger partial charge in [-0.2, -0.15) is 0 Å². The van der Waals surface area contributed by atoms with Gasteiger partial charge in [0.2, 0.25) is 0 Å². The molecule has 2 aliphatic rings. The van der Waals surface area contributed by atoms with Crippen LogP contribution in [0.4, 0.5) is 0 Å². The summed E-state index contributed by atoms with van der Waals surface area (Å²) in [5, 5.41) is 3.31. The zero-order chi connectivity index (χ0) is 21.6. The van der Waals surface area contributed by atoms with E-state index in [4.69, 9.17) is 9.47 Å². The van der Waals surface area contributed by atoms with Crippen molar-refractivity contribution in [1.82, 2.24) is 5.32 Å². The molecule has 0 spiro atoms. The molecule has 1 N–H and O–H groups in total. The third-order valence-corrected chi connectivity index (χ3v) is 6.90. The Morgan fingerprint density at radius 2 is 1.77 bits per heavy atom. The number of carbonyl (C=O) groups excluding carboxylic acids is 2. The van der Waals surface area contributed by atoms with E-state index in [9.17, 15) is 9.59 Å². The number of carbonyl (C=O) groups is 2. The summed E-state index contributed by atoms with van der Waals surface area (Å²) in [7, 11) is 1.63. The van der Waals surface area contributed by atoms with Crippen molar-refractivity contribution in [2.75, 3.05) is 13.7 Å². The van der Waals surface area contributed by atoms with Crippen molar-refractivity contribution in [3.8, 4) is 5.75 Å². The quantitative estimate of drug-likeness (QED) is 0.381. The van der Waals surface area contributed by atoms with Gasteiger partial charge >= 0.3 is 5.97 Å². The van der Waals surface area contributed by atoms with Crippen LogP contribution >= 0.6 is 45.2 Å². The van der Waals surface area contributed by atoms with E-state index in [2.05, 4.69) is 50.5 Å². The molecule has 2 aromatic rings. The first-order valence-electron chi connectivity index (χ1n) is 9.45. The summed E-state index contributed by atoms with van der Waals surface area (Å²) in [5.74, 6) is -0.215. The average Bonchev–Trinajstić information content (AvgIpc) is 2.99. The molecule has 2 aromatic carbocycles. The molecule has 0 unspecified atom stereocenters. The summed E-state index contributed by atoms with van der Waals surface area (Å²) >= 11 is 4.44. The topological polar surface area (TPSA) is 64.6 Å². The van der Waals surface area contributed by atoms with Gasteiger partial charge < -0.3 is 14.8 Å². The molecule has 7 heteroatoms. The van der Waals surface area contributed by atoms with E-state index < -0.39 is 11.9 Å². The lowest BCUT2D eigenvalue weighted by Crippen LogP contribution is -2.29. The third kappa shape index (κ3) is 3.35. The summed E-state index contributed by atoms with van der Waals surface area (Å²) in [4.78, 5) is 26.4. The van der Waals surface area contributed by atoms with Gasteiger partial charge in [-0.1, -0.05) is 24.3 Å². The number of halogens is 2. The number of dihydropyridines is 1. The second-order valence-electron chi connectivity index (χ2n) is 7.00. The number of hydrogen-bond donors (Lipinski definition) is 1. The fourth-order valence-electron chi connectivity index (χ4n) is 4.08. The Morgan fingerprint density at radius 1 is 1.13 bits per heavy atom. The standard InChI is InChI=1S/C23H19I2NO4/c1-4-30-23(28)17-11(2)26-20-13-7-5-6-8-14(13)21(27)19(20)18(17)12-9-15(24)22(29-3)16(25)10-12/h5-10,18,26H,4H2,1-3H3/t18-/m0/s1. The summed E-state index contributed by atoms with van der Waals surface area (Å²) in [6, 6.07) is 11.5. The lowest BCUT2D eigenvalue weighted by Gasteiger charge is -2.29. The Kier molecular flexibility index (Phi) is 5.93. The van der Waals surface area contributed by atoms with Crippen LogP contribution in [-0.2, 0) is 9.53 Å². The molecule has 0 fully saturated rings. The molecule has 1 atom stereocenters. The van der Waals surface area contributed by atoms with Crippen LogP contribution in [0.25, 0.3) is 5.70 Å². The first-order chi connectivity index (χ1) is 14.4. The van der Waals surface area contributed by atoms with Crippen molar-refractivity contribution >= 4 is 62.6 Å². The lowest BCUT2D eigenvalue weighted by atomic mass is 9.80. The highest BCUT2D eigenvalue weighted by Gasteiger charge is 2.43. The monoisotopic (exact) mass is 627 g/mol. The van der Waals surface area contributed by atoms with Gasteiger partial charge in [0, 0.05) is 28.3 Å². The van der Waals surface area contributed by atoms with E-state index in [-0.39, 0.29) is 12.4 Å². The maximum Gasteiger partial charge on any atom is 0.336 e. The summed E-state index contributed by atoms with van der Waals surface area (Å²) < 4.78 is 12.7. The normalized spacial score (nSPS) is 17.5. The summed E-state index contributed by atoms with van der Waals surface area (Å²) in [6.07, 6.45) is 0. The van der Waals surface area contributed by atoms with E-state index in [0.717, 1.165) is 29.7 Å². The average molecular weight is 627 g/mol. The van der Waals surface area contributed by atoms with Crippen LogP contribution in [-0.4, -0.2) is 25.5 Å². The van der Waals surface area contributed by atoms with Crippen molar-refractivity contribution < 1.29 is 19.1 Å². The Bertz CT molecular complexity index is 1130. The molecule has 154 valence electrons. The van der Waals surface area contributed by atoms with E-state index in [1.165, 1.54) is 0 Å². The van der Waals surface area contributed by atoms with Gasteiger partial charge in [-0.05, 0) is 76.7 Å². The number of hydrogen-bond acceptors (Lipinski definition) is 5. The predicted octanol–water partition coefficient (Wildman–Crippen LogP) is 5.04. The second-order valence-corrected chi connectivity index (χ2v) is 9.32. The Morgan fingerprint density at radius 3 is 2.37 bits per heavy atom. The molecule has 0 aromatic heterocycles. The number of ether oxygens (including phenoxy) is 2. The Labute approximate surface area is 202 Å². The smallest absolute Gasteiger partial charge is 0.336 e. The fraction of sp³-hybridized carbons (Fsp3) is 0.217. The molecule has 1 aliphatic heterocycles. The molecule has 0 saturated heterocycles. The van der Waals surface area contributed by atoms with Gasteiger partial charge in [0.15, 0.2) is 5.78 Å². The van der Waals surface area contributed by atoms with Gasteiger partial charge in [-0.3, -0.25) is 4.79 Å². The first-order valence-corrected chi connectivity index (χ1v) is 11.6. The molecule has 0 saturated carbocycles. The van der Waals surface area contributed by atoms with Gasteiger partial charge in [-0.15, -0.1) is 0 Å². The zero-order valence-electron chi connectivity index (χ0n) is 16.6. The number of ketones is 1. The molecule has 30 heavy (non-hydrogen) atoms. The highest BCUT2D eigenvalue weighted by Crippen LogP contribution is 2.47. The minimum Gasteiger partial charge on any atom is -0.495 e. The van der Waals surface area contributed by atoms with Crippen LogP contribution in [0.3, 0.4) is 0 Å². The van der Waals surface area contributed by atoms with Crippen LogP contribution in [0.2, 0.25) is 0 Å². The van der Waals surface area contributed by atoms with Crippen LogP contribution in [0.15, 0.2) is 53.2 Å². The van der Waals surface area contributed by atoms with Crippen molar-refractivity contribution in [2.24, 2.45) is 0 Å². The zero-order valence-corrected chi connectivity index (χ0v) is 21.0. The Balaban J connectivity index is 1.96. The number of allylic oxidation sites excluding steroid dienone is 2. The summed E-state index contributed by atoms with van der Waals surface area (Å²) in [6.45, 7) is 3.90. The van der Waals surface area contributed by atoms with Crippen molar-refractivity contribution in [2.45, 2.75) is 19.8 Å². The molecule has 0 bridgehead atoms. The highest BCUT2D eigenvalue weighted by molar-refractivity contribution is 14.1. The molecular weight excluding hydrogens is 608 g/mol. The highest BCUT2D eigenvalue weighted by atomic mass is 127. The largest absolute Gasteiger partial charge is 0.495 e. The van der Waals surface area contributed by atoms with E-state index >= 15 is 0 Å². The summed E-state index contributed by atoms with van der Waals surface area (Å²) in [5.41, 5.74) is 4.89. The lowest BCUT2D eigenvalue weighted by molar-refractivity contribution is -0.138. The molecule has 0 amide bonds. The van der Waals surface area contributed by atoms with Crippen LogP contribution in [0.1, 0.15) is 41.3 Å². The molecule has 4 rings (SSSR count). The molecule has 5 nitrogen and oxygen atoms in total.